The molecule has 0 bridgehead atoms. The van der Waals surface area contributed by atoms with Gasteiger partial charge in [0, 0.05) is 3.92 Å². The van der Waals surface area contributed by atoms with E-state index in [1.165, 1.54) is 7.11 Å². The Hall–Kier alpha value is 0.160. The van der Waals surface area contributed by atoms with Crippen molar-refractivity contribution in [1.82, 2.24) is 0 Å². The predicted molar refractivity (Wildman–Crippen MR) is 58.0 cm³/mol. The van der Waals surface area contributed by atoms with Gasteiger partial charge in [-0.05, 0) is 20.3 Å². The lowest BCUT2D eigenvalue weighted by Crippen LogP contribution is -2.28. The molecule has 0 aromatic heterocycles. The second kappa shape index (κ2) is 4.13. The lowest BCUT2D eigenvalue weighted by Gasteiger charge is -2.21. The number of methoxy groups -OCH3 is 1. The maximum absolute atomic E-state index is 11.0. The van der Waals surface area contributed by atoms with Crippen molar-refractivity contribution < 1.29 is 14.3 Å². The second-order valence-corrected chi connectivity index (χ2v) is 5.33. The monoisotopic (exact) mass is 298 g/mol. The molecule has 0 aliphatic carbocycles. The van der Waals surface area contributed by atoms with Gasteiger partial charge in [0.05, 0.1) is 25.2 Å². The van der Waals surface area contributed by atoms with Crippen LogP contribution in [0.3, 0.4) is 0 Å². The fourth-order valence-corrected chi connectivity index (χ4v) is 2.17. The highest BCUT2D eigenvalue weighted by molar-refractivity contribution is 14.1. The Labute approximate surface area is 92.3 Å². The molecule has 0 aromatic carbocycles. The van der Waals surface area contributed by atoms with Crippen LogP contribution < -0.4 is 0 Å². The molecule has 0 spiro atoms. The van der Waals surface area contributed by atoms with Crippen LogP contribution in [-0.4, -0.2) is 28.7 Å². The first-order valence-electron chi connectivity index (χ1n) is 4.34. The Bertz CT molecular complexity index is 203. The van der Waals surface area contributed by atoms with Crippen LogP contribution in [0.15, 0.2) is 0 Å². The van der Waals surface area contributed by atoms with E-state index < -0.39 is 0 Å². The number of carbonyl (C=O) groups excluding carboxylic acids is 1. The highest BCUT2D eigenvalue weighted by Gasteiger charge is 2.40. The fraction of sp³-hybridized carbons (Fsp3) is 0.889. The van der Waals surface area contributed by atoms with Crippen LogP contribution in [0.5, 0.6) is 0 Å². The van der Waals surface area contributed by atoms with Crippen molar-refractivity contribution in [3.63, 3.8) is 0 Å². The second-order valence-electron chi connectivity index (χ2n) is 3.83. The largest absolute Gasteiger partial charge is 0.469 e. The fourth-order valence-electron chi connectivity index (χ4n) is 1.46. The summed E-state index contributed by atoms with van der Waals surface area (Å²) < 4.78 is 10.8. The van der Waals surface area contributed by atoms with Crippen LogP contribution in [0.1, 0.15) is 26.7 Å². The van der Waals surface area contributed by atoms with Crippen LogP contribution in [0.25, 0.3) is 0 Å². The Balaban J connectivity index is 2.45. The Morgan fingerprint density at radius 3 is 2.69 bits per heavy atom. The van der Waals surface area contributed by atoms with Gasteiger partial charge < -0.3 is 9.47 Å². The van der Waals surface area contributed by atoms with Crippen molar-refractivity contribution in [2.75, 3.05) is 7.11 Å². The zero-order valence-electron chi connectivity index (χ0n) is 8.17. The summed E-state index contributed by atoms with van der Waals surface area (Å²) in [6, 6.07) is 0. The number of hydrogen-bond donors (Lipinski definition) is 0. The number of esters is 1. The van der Waals surface area contributed by atoms with Crippen LogP contribution >= 0.6 is 22.6 Å². The van der Waals surface area contributed by atoms with Gasteiger partial charge in [-0.1, -0.05) is 22.6 Å². The molecule has 0 radical (unpaired) electrons. The average Bonchev–Trinajstić information content (AvgIpc) is 2.25. The van der Waals surface area contributed by atoms with Gasteiger partial charge in [-0.15, -0.1) is 0 Å². The molecule has 1 rings (SSSR count). The first-order chi connectivity index (χ1) is 5.95. The minimum atomic E-state index is -0.189. The molecule has 4 heteroatoms. The zero-order valence-corrected chi connectivity index (χ0v) is 10.3. The van der Waals surface area contributed by atoms with E-state index in [0.717, 1.165) is 6.42 Å². The summed E-state index contributed by atoms with van der Waals surface area (Å²) in [4.78, 5) is 11.0. The summed E-state index contributed by atoms with van der Waals surface area (Å²) in [6.45, 7) is 4.11. The van der Waals surface area contributed by atoms with Gasteiger partial charge in [-0.25, -0.2) is 0 Å². The van der Waals surface area contributed by atoms with Crippen molar-refractivity contribution in [2.45, 2.75) is 42.3 Å². The molecule has 1 fully saturated rings. The van der Waals surface area contributed by atoms with Gasteiger partial charge in [0.25, 0.3) is 0 Å². The Morgan fingerprint density at radius 1 is 1.69 bits per heavy atom. The van der Waals surface area contributed by atoms with E-state index >= 15 is 0 Å². The van der Waals surface area contributed by atoms with Crippen LogP contribution in [0.2, 0.25) is 0 Å². The van der Waals surface area contributed by atoms with E-state index in [9.17, 15) is 4.79 Å². The number of halogens is 1. The number of alkyl halides is 1. The van der Waals surface area contributed by atoms with Gasteiger partial charge in [0.15, 0.2) is 0 Å². The summed E-state index contributed by atoms with van der Waals surface area (Å²) in [7, 11) is 1.41. The molecule has 13 heavy (non-hydrogen) atoms. The standard InChI is InChI=1S/C9H15IO3/c1-9(2)7(10)4-6(13-9)5-8(11)12-3/h6-7H,4-5H2,1-3H3/t6-,7?/m0/s1. The molecule has 3 nitrogen and oxygen atoms in total. The minimum absolute atomic E-state index is 0.0318. The average molecular weight is 298 g/mol. The maximum Gasteiger partial charge on any atom is 0.308 e. The van der Waals surface area contributed by atoms with Gasteiger partial charge in [0.1, 0.15) is 0 Å². The van der Waals surface area contributed by atoms with Gasteiger partial charge in [-0.2, -0.15) is 0 Å². The van der Waals surface area contributed by atoms with Crippen molar-refractivity contribution in [3.05, 3.63) is 0 Å². The third-order valence-corrected chi connectivity index (χ3v) is 4.33. The molecule has 1 aliphatic heterocycles. The topological polar surface area (TPSA) is 35.5 Å². The van der Waals surface area contributed by atoms with Crippen molar-refractivity contribution in [1.29, 1.82) is 0 Å². The Kier molecular flexibility index (Phi) is 3.57. The molecule has 0 saturated carbocycles. The van der Waals surface area contributed by atoms with Crippen molar-refractivity contribution >= 4 is 28.6 Å². The lowest BCUT2D eigenvalue weighted by atomic mass is 10.0. The summed E-state index contributed by atoms with van der Waals surface area (Å²) in [5, 5.41) is 0. The van der Waals surface area contributed by atoms with Crippen LogP contribution in [0, 0.1) is 0 Å². The SMILES string of the molecule is COC(=O)C[C@@H]1CC(I)C(C)(C)O1. The zero-order chi connectivity index (χ0) is 10.1. The van der Waals surface area contributed by atoms with E-state index in [4.69, 9.17) is 4.74 Å². The molecule has 2 atom stereocenters. The first-order valence-corrected chi connectivity index (χ1v) is 5.59. The minimum Gasteiger partial charge on any atom is -0.469 e. The number of ether oxygens (including phenoxy) is 2. The van der Waals surface area contributed by atoms with E-state index in [0.29, 0.717) is 10.3 Å². The van der Waals surface area contributed by atoms with E-state index in [1.54, 1.807) is 0 Å². The highest BCUT2D eigenvalue weighted by Crippen LogP contribution is 2.36. The quantitative estimate of drug-likeness (QED) is 0.444. The smallest absolute Gasteiger partial charge is 0.308 e. The normalized spacial score (nSPS) is 31.7. The molecule has 1 heterocycles. The molecular formula is C9H15IO3. The van der Waals surface area contributed by atoms with E-state index in [-0.39, 0.29) is 17.7 Å². The molecule has 1 unspecified atom stereocenters. The predicted octanol–water partition coefficient (Wildman–Crippen LogP) is 1.92. The van der Waals surface area contributed by atoms with Crippen LogP contribution in [-0.2, 0) is 14.3 Å². The highest BCUT2D eigenvalue weighted by atomic mass is 127. The summed E-state index contributed by atoms with van der Waals surface area (Å²) >= 11 is 2.37. The van der Waals surface area contributed by atoms with Crippen LogP contribution in [0.4, 0.5) is 0 Å². The number of hydrogen-bond acceptors (Lipinski definition) is 3. The number of rotatable bonds is 2. The van der Waals surface area contributed by atoms with E-state index in [2.05, 4.69) is 41.2 Å². The first kappa shape index (κ1) is 11.2. The molecular weight excluding hydrogens is 283 g/mol. The van der Waals surface area contributed by atoms with Gasteiger partial charge in [0.2, 0.25) is 0 Å². The Morgan fingerprint density at radius 2 is 2.31 bits per heavy atom. The summed E-state index contributed by atoms with van der Waals surface area (Å²) in [5.74, 6) is -0.189. The molecule has 76 valence electrons. The molecule has 0 aromatic rings. The molecule has 1 aliphatic rings. The molecule has 0 amide bonds. The van der Waals surface area contributed by atoms with Crippen molar-refractivity contribution in [2.24, 2.45) is 0 Å². The van der Waals surface area contributed by atoms with Gasteiger partial charge in [-0.3, -0.25) is 4.79 Å². The number of carbonyl (C=O) groups is 1. The van der Waals surface area contributed by atoms with E-state index in [1.807, 2.05) is 0 Å². The summed E-state index contributed by atoms with van der Waals surface area (Å²) in [5.41, 5.74) is -0.112. The molecule has 0 N–H and O–H groups in total. The lowest BCUT2D eigenvalue weighted by molar-refractivity contribution is -0.144. The third-order valence-electron chi connectivity index (χ3n) is 2.32. The maximum atomic E-state index is 11.0. The molecule has 1 saturated heterocycles. The summed E-state index contributed by atoms with van der Waals surface area (Å²) in [6.07, 6.45) is 1.34. The van der Waals surface area contributed by atoms with Crippen molar-refractivity contribution in [3.8, 4) is 0 Å². The van der Waals surface area contributed by atoms with Gasteiger partial charge >= 0.3 is 5.97 Å². The third kappa shape index (κ3) is 2.80.